The lowest BCUT2D eigenvalue weighted by Crippen LogP contribution is -2.49. The van der Waals surface area contributed by atoms with Crippen molar-refractivity contribution >= 4 is 17.2 Å². The Balaban J connectivity index is 1.56. The average Bonchev–Trinajstić information content (AvgIpc) is 3.17. The second-order valence-corrected chi connectivity index (χ2v) is 8.36. The summed E-state index contributed by atoms with van der Waals surface area (Å²) >= 11 is 1.59. The molecule has 2 heterocycles. The first-order chi connectivity index (χ1) is 12.5. The maximum atomic E-state index is 12.8. The minimum Gasteiger partial charge on any atom is -0.336 e. The third kappa shape index (κ3) is 4.71. The summed E-state index contributed by atoms with van der Waals surface area (Å²) in [5.41, 5.74) is 1.98. The molecule has 1 atom stereocenters. The summed E-state index contributed by atoms with van der Waals surface area (Å²) in [5.74, 6) is 0.429. The average molecular weight is 372 g/mol. The van der Waals surface area contributed by atoms with Gasteiger partial charge in [0.1, 0.15) is 5.69 Å². The minimum absolute atomic E-state index is 0.0584. The molecule has 4 nitrogen and oxygen atoms in total. The van der Waals surface area contributed by atoms with Crippen molar-refractivity contribution in [2.75, 3.05) is 26.7 Å². The first-order valence-electron chi connectivity index (χ1n) is 9.53. The smallest absolute Gasteiger partial charge is 0.273 e. The Morgan fingerprint density at radius 1 is 1.35 bits per heavy atom. The Morgan fingerprint density at radius 3 is 2.81 bits per heavy atom. The van der Waals surface area contributed by atoms with Gasteiger partial charge in [0.25, 0.3) is 5.91 Å². The molecule has 1 amide bonds. The molecular weight excluding hydrogens is 342 g/mol. The first kappa shape index (κ1) is 19.1. The topological polar surface area (TPSA) is 36.4 Å². The molecule has 1 aromatic heterocycles. The molecule has 1 fully saturated rings. The summed E-state index contributed by atoms with van der Waals surface area (Å²) in [7, 11) is 1.93. The lowest BCUT2D eigenvalue weighted by molar-refractivity contribution is 0.0614. The fourth-order valence-corrected chi connectivity index (χ4v) is 4.29. The molecule has 0 saturated carbocycles. The quantitative estimate of drug-likeness (QED) is 0.769. The van der Waals surface area contributed by atoms with E-state index in [2.05, 4.69) is 54.1 Å². The van der Waals surface area contributed by atoms with Gasteiger partial charge >= 0.3 is 0 Å². The Kier molecular flexibility index (Phi) is 6.43. The Labute approximate surface area is 160 Å². The number of piperidine rings is 1. The van der Waals surface area contributed by atoms with Crippen molar-refractivity contribution in [2.45, 2.75) is 45.1 Å². The van der Waals surface area contributed by atoms with E-state index in [1.54, 1.807) is 11.3 Å². The first-order valence-corrected chi connectivity index (χ1v) is 10.4. The fourth-order valence-electron chi connectivity index (χ4n) is 3.48. The van der Waals surface area contributed by atoms with E-state index < -0.39 is 0 Å². The normalized spacial score (nSPS) is 18.2. The molecule has 3 rings (SSSR count). The molecule has 0 spiro atoms. The fraction of sp³-hybridized carbons (Fsp3) is 0.524. The van der Waals surface area contributed by atoms with Gasteiger partial charge in [-0.3, -0.25) is 4.79 Å². The summed E-state index contributed by atoms with van der Waals surface area (Å²) in [6, 6.07) is 10.9. The molecule has 0 radical (unpaired) electrons. The molecule has 140 valence electrons. The monoisotopic (exact) mass is 371 g/mol. The molecule has 0 aliphatic carbocycles. The van der Waals surface area contributed by atoms with Crippen molar-refractivity contribution in [3.63, 3.8) is 0 Å². The minimum atomic E-state index is 0.0584. The van der Waals surface area contributed by atoms with Gasteiger partial charge in [0.05, 0.1) is 5.01 Å². The highest BCUT2D eigenvalue weighted by Gasteiger charge is 2.27. The van der Waals surface area contributed by atoms with Gasteiger partial charge in [0.2, 0.25) is 0 Å². The van der Waals surface area contributed by atoms with Crippen molar-refractivity contribution in [2.24, 2.45) is 0 Å². The van der Waals surface area contributed by atoms with Crippen LogP contribution in [0, 0.1) is 0 Å². The van der Waals surface area contributed by atoms with Crippen LogP contribution >= 0.6 is 11.3 Å². The highest BCUT2D eigenvalue weighted by Crippen LogP contribution is 2.22. The van der Waals surface area contributed by atoms with Crippen LogP contribution in [0.15, 0.2) is 35.7 Å². The van der Waals surface area contributed by atoms with Crippen molar-refractivity contribution in [3.8, 4) is 0 Å². The van der Waals surface area contributed by atoms with Gasteiger partial charge in [-0.05, 0) is 31.4 Å². The number of hydrogen-bond donors (Lipinski definition) is 0. The standard InChI is InChI=1S/C21H29N3OS/c1-16(2)20-22-19(15-26-20)21(25)23(3)18-10-7-12-24(14-18)13-11-17-8-5-4-6-9-17/h4-6,8-9,15-16,18H,7,10-14H2,1-3H3. The van der Waals surface area contributed by atoms with Crippen molar-refractivity contribution < 1.29 is 4.79 Å². The molecule has 1 aliphatic rings. The third-order valence-electron chi connectivity index (χ3n) is 5.14. The zero-order chi connectivity index (χ0) is 18.5. The van der Waals surface area contributed by atoms with E-state index >= 15 is 0 Å². The predicted molar refractivity (Wildman–Crippen MR) is 108 cm³/mol. The number of carbonyl (C=O) groups excluding carboxylic acids is 1. The van der Waals surface area contributed by atoms with E-state index in [4.69, 9.17) is 0 Å². The van der Waals surface area contributed by atoms with E-state index in [1.165, 1.54) is 5.56 Å². The number of benzene rings is 1. The summed E-state index contributed by atoms with van der Waals surface area (Å²) < 4.78 is 0. The van der Waals surface area contributed by atoms with Gasteiger partial charge in [-0.25, -0.2) is 4.98 Å². The van der Waals surface area contributed by atoms with Crippen LogP contribution in [-0.4, -0.2) is 53.4 Å². The molecule has 5 heteroatoms. The molecule has 1 aromatic carbocycles. The van der Waals surface area contributed by atoms with Crippen LogP contribution in [0.4, 0.5) is 0 Å². The number of amides is 1. The van der Waals surface area contributed by atoms with Crippen molar-refractivity contribution in [1.29, 1.82) is 0 Å². The maximum absolute atomic E-state index is 12.8. The number of hydrogen-bond acceptors (Lipinski definition) is 4. The predicted octanol–water partition coefficient (Wildman–Crippen LogP) is 4.05. The molecule has 0 bridgehead atoms. The van der Waals surface area contributed by atoms with Crippen LogP contribution in [0.2, 0.25) is 0 Å². The van der Waals surface area contributed by atoms with Gasteiger partial charge in [-0.15, -0.1) is 11.3 Å². The number of thiazole rings is 1. The molecule has 1 unspecified atom stereocenters. The highest BCUT2D eigenvalue weighted by molar-refractivity contribution is 7.09. The molecule has 1 saturated heterocycles. The van der Waals surface area contributed by atoms with Gasteiger partial charge in [-0.1, -0.05) is 44.2 Å². The summed E-state index contributed by atoms with van der Waals surface area (Å²) in [5, 5.41) is 2.94. The van der Waals surface area contributed by atoms with Gasteiger partial charge in [0.15, 0.2) is 0 Å². The molecule has 26 heavy (non-hydrogen) atoms. The van der Waals surface area contributed by atoms with E-state index in [0.717, 1.165) is 43.9 Å². The van der Waals surface area contributed by atoms with E-state index in [9.17, 15) is 4.79 Å². The number of rotatable bonds is 6. The largest absolute Gasteiger partial charge is 0.336 e. The lowest BCUT2D eigenvalue weighted by atomic mass is 10.0. The van der Waals surface area contributed by atoms with E-state index in [1.807, 2.05) is 17.3 Å². The Bertz CT molecular complexity index is 713. The maximum Gasteiger partial charge on any atom is 0.273 e. The lowest BCUT2D eigenvalue weighted by Gasteiger charge is -2.37. The van der Waals surface area contributed by atoms with Gasteiger partial charge in [0, 0.05) is 37.5 Å². The van der Waals surface area contributed by atoms with Crippen molar-refractivity contribution in [3.05, 3.63) is 52.0 Å². The van der Waals surface area contributed by atoms with Crippen LogP contribution in [0.5, 0.6) is 0 Å². The van der Waals surface area contributed by atoms with Crippen LogP contribution in [0.25, 0.3) is 0 Å². The van der Waals surface area contributed by atoms with Crippen LogP contribution in [0.3, 0.4) is 0 Å². The van der Waals surface area contributed by atoms with Crippen LogP contribution in [0.1, 0.15) is 53.7 Å². The zero-order valence-corrected chi connectivity index (χ0v) is 16.8. The van der Waals surface area contributed by atoms with Crippen molar-refractivity contribution in [1.82, 2.24) is 14.8 Å². The molecular formula is C21H29N3OS. The number of aromatic nitrogens is 1. The SMILES string of the molecule is CC(C)c1nc(C(=O)N(C)C2CCCN(CCc3ccccc3)C2)cs1. The molecule has 1 aliphatic heterocycles. The number of nitrogens with zero attached hydrogens (tertiary/aromatic N) is 3. The second kappa shape index (κ2) is 8.78. The van der Waals surface area contributed by atoms with E-state index in [-0.39, 0.29) is 11.9 Å². The Morgan fingerprint density at radius 2 is 2.12 bits per heavy atom. The third-order valence-corrected chi connectivity index (χ3v) is 6.29. The highest BCUT2D eigenvalue weighted by atomic mass is 32.1. The number of carbonyl (C=O) groups is 1. The Hall–Kier alpha value is -1.72. The number of likely N-dealkylation sites (N-methyl/N-ethyl adjacent to an activating group) is 1. The summed E-state index contributed by atoms with van der Waals surface area (Å²) in [6.07, 6.45) is 3.28. The van der Waals surface area contributed by atoms with E-state index in [0.29, 0.717) is 11.6 Å². The number of likely N-dealkylation sites (tertiary alicyclic amines) is 1. The summed E-state index contributed by atoms with van der Waals surface area (Å²) in [4.78, 5) is 21.8. The summed E-state index contributed by atoms with van der Waals surface area (Å²) in [6.45, 7) is 7.36. The van der Waals surface area contributed by atoms with Gasteiger partial charge < -0.3 is 9.80 Å². The van der Waals surface area contributed by atoms with Crippen LogP contribution < -0.4 is 0 Å². The van der Waals surface area contributed by atoms with Gasteiger partial charge in [-0.2, -0.15) is 0 Å². The zero-order valence-electron chi connectivity index (χ0n) is 16.0. The molecule has 0 N–H and O–H groups in total. The van der Waals surface area contributed by atoms with Crippen LogP contribution in [-0.2, 0) is 6.42 Å². The molecule has 2 aromatic rings. The second-order valence-electron chi connectivity index (χ2n) is 7.47.